The van der Waals surface area contributed by atoms with Gasteiger partial charge in [-0.15, -0.1) is 10.2 Å². The second kappa shape index (κ2) is 8.57. The number of amides is 1. The van der Waals surface area contributed by atoms with Crippen molar-refractivity contribution in [3.05, 3.63) is 70.6 Å². The monoisotopic (exact) mass is 397 g/mol. The number of hydrogen-bond donors (Lipinski definition) is 0. The standard InChI is InChI=1S/C22H24ClN3O2/c1-14(2)16-9-11-17(12-10-16)22(27)26(15(3)4)13-20-24-25-21(28-20)18-7-5-6-8-19(18)23/h5-12,14-15H,13H2,1-4H3. The van der Waals surface area contributed by atoms with Gasteiger partial charge in [-0.3, -0.25) is 4.79 Å². The van der Waals surface area contributed by atoms with Crippen LogP contribution >= 0.6 is 11.6 Å². The molecule has 0 N–H and O–H groups in total. The second-order valence-corrected chi connectivity index (χ2v) is 7.69. The lowest BCUT2D eigenvalue weighted by Crippen LogP contribution is -2.36. The smallest absolute Gasteiger partial charge is 0.254 e. The molecular weight excluding hydrogens is 374 g/mol. The number of nitrogens with zero attached hydrogens (tertiary/aromatic N) is 3. The van der Waals surface area contributed by atoms with Crippen molar-refractivity contribution in [1.82, 2.24) is 15.1 Å². The van der Waals surface area contributed by atoms with E-state index in [0.29, 0.717) is 33.8 Å². The van der Waals surface area contributed by atoms with Crippen LogP contribution in [0.3, 0.4) is 0 Å². The van der Waals surface area contributed by atoms with Gasteiger partial charge in [-0.05, 0) is 49.6 Å². The van der Waals surface area contributed by atoms with Crippen LogP contribution in [0.1, 0.15) is 55.4 Å². The molecule has 0 saturated heterocycles. The molecule has 0 radical (unpaired) electrons. The van der Waals surface area contributed by atoms with Crippen LogP contribution in [-0.2, 0) is 6.54 Å². The van der Waals surface area contributed by atoms with Crippen molar-refractivity contribution in [2.24, 2.45) is 0 Å². The molecule has 0 saturated carbocycles. The number of carbonyl (C=O) groups is 1. The van der Waals surface area contributed by atoms with Gasteiger partial charge in [0, 0.05) is 11.6 Å². The highest BCUT2D eigenvalue weighted by molar-refractivity contribution is 6.33. The van der Waals surface area contributed by atoms with Gasteiger partial charge in [0.15, 0.2) is 0 Å². The molecule has 0 aliphatic rings. The first-order chi connectivity index (χ1) is 13.4. The molecule has 3 rings (SSSR count). The minimum absolute atomic E-state index is 0.0204. The van der Waals surface area contributed by atoms with E-state index in [1.54, 1.807) is 11.0 Å². The molecule has 146 valence electrons. The van der Waals surface area contributed by atoms with Gasteiger partial charge in [0.1, 0.15) is 0 Å². The summed E-state index contributed by atoms with van der Waals surface area (Å²) in [5.41, 5.74) is 2.52. The van der Waals surface area contributed by atoms with Gasteiger partial charge < -0.3 is 9.32 Å². The highest BCUT2D eigenvalue weighted by Gasteiger charge is 2.22. The van der Waals surface area contributed by atoms with Gasteiger partial charge in [0.25, 0.3) is 5.91 Å². The van der Waals surface area contributed by atoms with Gasteiger partial charge in [-0.1, -0.05) is 49.7 Å². The molecule has 2 aromatic carbocycles. The fraction of sp³-hybridized carbons (Fsp3) is 0.318. The summed E-state index contributed by atoms with van der Waals surface area (Å²) in [4.78, 5) is 14.7. The topological polar surface area (TPSA) is 59.2 Å². The second-order valence-electron chi connectivity index (χ2n) is 7.28. The summed E-state index contributed by atoms with van der Waals surface area (Å²) < 4.78 is 5.77. The lowest BCUT2D eigenvalue weighted by atomic mass is 10.0. The molecule has 28 heavy (non-hydrogen) atoms. The number of aromatic nitrogens is 2. The Morgan fingerprint density at radius 2 is 1.71 bits per heavy atom. The van der Waals surface area contributed by atoms with Gasteiger partial charge in [-0.25, -0.2) is 0 Å². The number of hydrogen-bond acceptors (Lipinski definition) is 4. The summed E-state index contributed by atoms with van der Waals surface area (Å²) in [5.74, 6) is 1.07. The molecule has 0 aliphatic heterocycles. The summed E-state index contributed by atoms with van der Waals surface area (Å²) in [5, 5.41) is 8.73. The van der Waals surface area contributed by atoms with Crippen molar-refractivity contribution < 1.29 is 9.21 Å². The van der Waals surface area contributed by atoms with E-state index < -0.39 is 0 Å². The molecular formula is C22H24ClN3O2. The maximum Gasteiger partial charge on any atom is 0.254 e. The third-order valence-electron chi connectivity index (χ3n) is 4.59. The average molecular weight is 398 g/mol. The molecule has 0 unspecified atom stereocenters. The van der Waals surface area contributed by atoms with Crippen LogP contribution in [0, 0.1) is 0 Å². The van der Waals surface area contributed by atoms with Crippen LogP contribution in [0.5, 0.6) is 0 Å². The van der Waals surface area contributed by atoms with Crippen LogP contribution in [0.2, 0.25) is 5.02 Å². The summed E-state index contributed by atoms with van der Waals surface area (Å²) in [7, 11) is 0. The quantitative estimate of drug-likeness (QED) is 0.546. The highest BCUT2D eigenvalue weighted by atomic mass is 35.5. The Balaban J connectivity index is 1.80. The Hall–Kier alpha value is -2.66. The average Bonchev–Trinajstić information content (AvgIpc) is 3.14. The van der Waals surface area contributed by atoms with Gasteiger partial charge in [0.2, 0.25) is 11.8 Å². The molecule has 5 nitrogen and oxygen atoms in total. The predicted octanol–water partition coefficient (Wildman–Crippen LogP) is 5.56. The zero-order valence-electron chi connectivity index (χ0n) is 16.5. The van der Waals surface area contributed by atoms with E-state index in [4.69, 9.17) is 16.0 Å². The first-order valence-corrected chi connectivity index (χ1v) is 9.72. The van der Waals surface area contributed by atoms with Crippen LogP contribution in [0.25, 0.3) is 11.5 Å². The van der Waals surface area contributed by atoms with Crippen molar-refractivity contribution in [3.8, 4) is 11.5 Å². The molecule has 1 aromatic heterocycles. The number of halogens is 1. The molecule has 0 fully saturated rings. The van der Waals surface area contributed by atoms with Gasteiger partial charge in [-0.2, -0.15) is 0 Å². The first kappa shape index (κ1) is 20.1. The first-order valence-electron chi connectivity index (χ1n) is 9.35. The maximum absolute atomic E-state index is 13.0. The zero-order chi connectivity index (χ0) is 20.3. The maximum atomic E-state index is 13.0. The SMILES string of the molecule is CC(C)c1ccc(C(=O)N(Cc2nnc(-c3ccccc3Cl)o2)C(C)C)cc1. The van der Waals surface area contributed by atoms with E-state index >= 15 is 0 Å². The lowest BCUT2D eigenvalue weighted by Gasteiger charge is -2.25. The largest absolute Gasteiger partial charge is 0.419 e. The molecule has 0 aliphatic carbocycles. The molecule has 6 heteroatoms. The molecule has 1 heterocycles. The van der Waals surface area contributed by atoms with Crippen molar-refractivity contribution >= 4 is 17.5 Å². The highest BCUT2D eigenvalue weighted by Crippen LogP contribution is 2.27. The number of benzene rings is 2. The van der Waals surface area contributed by atoms with E-state index in [2.05, 4.69) is 24.0 Å². The van der Waals surface area contributed by atoms with Crippen LogP contribution in [-0.4, -0.2) is 27.0 Å². The summed E-state index contributed by atoms with van der Waals surface area (Å²) in [6, 6.07) is 15.0. The lowest BCUT2D eigenvalue weighted by molar-refractivity contribution is 0.0672. The van der Waals surface area contributed by atoms with Crippen molar-refractivity contribution in [1.29, 1.82) is 0 Å². The van der Waals surface area contributed by atoms with Crippen molar-refractivity contribution in [3.63, 3.8) is 0 Å². The molecule has 0 atom stereocenters. The minimum atomic E-state index is -0.0669. The van der Waals surface area contributed by atoms with Crippen LogP contribution in [0.15, 0.2) is 52.9 Å². The minimum Gasteiger partial charge on any atom is -0.419 e. The fourth-order valence-electron chi connectivity index (χ4n) is 2.87. The number of rotatable bonds is 6. The summed E-state index contributed by atoms with van der Waals surface area (Å²) in [6.07, 6.45) is 0. The fourth-order valence-corrected chi connectivity index (χ4v) is 3.09. The van der Waals surface area contributed by atoms with Crippen molar-refractivity contribution in [2.45, 2.75) is 46.2 Å². The van der Waals surface area contributed by atoms with Crippen molar-refractivity contribution in [2.75, 3.05) is 0 Å². The molecule has 1 amide bonds. The Labute approximate surface area is 170 Å². The summed E-state index contributed by atoms with van der Waals surface area (Å²) in [6.45, 7) is 8.42. The van der Waals surface area contributed by atoms with Crippen LogP contribution in [0.4, 0.5) is 0 Å². The van der Waals surface area contributed by atoms with Gasteiger partial charge >= 0.3 is 0 Å². The van der Waals surface area contributed by atoms with Gasteiger partial charge in [0.05, 0.1) is 17.1 Å². The molecule has 0 bridgehead atoms. The Kier molecular flexibility index (Phi) is 6.15. The number of carbonyl (C=O) groups excluding carboxylic acids is 1. The molecule has 3 aromatic rings. The van der Waals surface area contributed by atoms with E-state index in [9.17, 15) is 4.79 Å². The normalized spacial score (nSPS) is 11.2. The zero-order valence-corrected chi connectivity index (χ0v) is 17.3. The van der Waals surface area contributed by atoms with E-state index in [1.807, 2.05) is 56.3 Å². The Bertz CT molecular complexity index is 948. The third-order valence-corrected chi connectivity index (χ3v) is 4.91. The Morgan fingerprint density at radius 1 is 1.04 bits per heavy atom. The predicted molar refractivity (Wildman–Crippen MR) is 110 cm³/mol. The Morgan fingerprint density at radius 3 is 2.32 bits per heavy atom. The van der Waals surface area contributed by atoms with E-state index in [0.717, 1.165) is 0 Å². The third kappa shape index (κ3) is 4.42. The van der Waals surface area contributed by atoms with E-state index in [1.165, 1.54) is 5.56 Å². The van der Waals surface area contributed by atoms with Crippen LogP contribution < -0.4 is 0 Å². The molecule has 0 spiro atoms. The van der Waals surface area contributed by atoms with E-state index in [-0.39, 0.29) is 18.5 Å². The summed E-state index contributed by atoms with van der Waals surface area (Å²) >= 11 is 6.20.